The van der Waals surface area contributed by atoms with Gasteiger partial charge in [-0.15, -0.1) is 0 Å². The molecule has 1 N–H and O–H groups in total. The lowest BCUT2D eigenvalue weighted by Crippen LogP contribution is -2.21. The predicted molar refractivity (Wildman–Crippen MR) is 86.9 cm³/mol. The highest BCUT2D eigenvalue weighted by Gasteiger charge is 2.19. The summed E-state index contributed by atoms with van der Waals surface area (Å²) in [5.74, 6) is -0.200. The van der Waals surface area contributed by atoms with Crippen molar-refractivity contribution in [2.75, 3.05) is 7.05 Å². The van der Waals surface area contributed by atoms with Crippen molar-refractivity contribution < 1.29 is 4.39 Å². The zero-order valence-corrected chi connectivity index (χ0v) is 14.5. The van der Waals surface area contributed by atoms with Crippen LogP contribution in [0.15, 0.2) is 22.7 Å². The molecular formula is C16H21BrFN3. The van der Waals surface area contributed by atoms with Gasteiger partial charge in [-0.2, -0.15) is 5.10 Å². The van der Waals surface area contributed by atoms with Gasteiger partial charge in [0, 0.05) is 19.5 Å². The van der Waals surface area contributed by atoms with Crippen molar-refractivity contribution in [3.8, 4) is 0 Å². The number of aryl methyl sites for hydroxylation is 3. The van der Waals surface area contributed by atoms with Gasteiger partial charge in [-0.05, 0) is 59.6 Å². The number of likely N-dealkylation sites (N-methyl/N-ethyl adjacent to an activating group) is 1. The van der Waals surface area contributed by atoms with Crippen LogP contribution in [0.25, 0.3) is 0 Å². The quantitative estimate of drug-likeness (QED) is 0.888. The molecule has 0 bridgehead atoms. The van der Waals surface area contributed by atoms with Gasteiger partial charge in [-0.3, -0.25) is 4.68 Å². The number of hydrogen-bond acceptors (Lipinski definition) is 2. The highest BCUT2D eigenvalue weighted by atomic mass is 79.9. The summed E-state index contributed by atoms with van der Waals surface area (Å²) >= 11 is 3.64. The molecule has 1 aromatic heterocycles. The molecule has 2 rings (SSSR count). The van der Waals surface area contributed by atoms with Crippen LogP contribution in [0.5, 0.6) is 0 Å². The second kappa shape index (κ2) is 6.71. The van der Waals surface area contributed by atoms with E-state index in [0.717, 1.165) is 39.8 Å². The number of rotatable bonds is 5. The molecule has 114 valence electrons. The van der Waals surface area contributed by atoms with E-state index < -0.39 is 0 Å². The molecule has 0 aliphatic rings. The number of nitrogens with zero attached hydrogens (tertiary/aromatic N) is 2. The maximum absolute atomic E-state index is 13.5. The Bertz CT molecular complexity index is 637. The summed E-state index contributed by atoms with van der Waals surface area (Å²) in [6.07, 6.45) is 1.64. The van der Waals surface area contributed by atoms with Crippen LogP contribution < -0.4 is 5.32 Å². The number of hydrogen-bond donors (Lipinski definition) is 1. The largest absolute Gasteiger partial charge is 0.313 e. The molecule has 1 atom stereocenters. The molecule has 3 nitrogen and oxygen atoms in total. The zero-order valence-electron chi connectivity index (χ0n) is 12.9. The first kappa shape index (κ1) is 16.2. The third-order valence-electron chi connectivity index (χ3n) is 3.87. The van der Waals surface area contributed by atoms with E-state index in [4.69, 9.17) is 0 Å². The Morgan fingerprint density at radius 1 is 1.43 bits per heavy atom. The summed E-state index contributed by atoms with van der Waals surface area (Å²) in [6.45, 7) is 4.10. The molecule has 2 aromatic rings. The van der Waals surface area contributed by atoms with Crippen LogP contribution in [-0.4, -0.2) is 16.8 Å². The SMILES string of the molecule is CCc1nn(C)c(CC(NC)c2cc(F)ccc2C)c1Br. The summed E-state index contributed by atoms with van der Waals surface area (Å²) in [7, 11) is 3.85. The van der Waals surface area contributed by atoms with Crippen molar-refractivity contribution in [3.63, 3.8) is 0 Å². The van der Waals surface area contributed by atoms with Gasteiger partial charge in [0.05, 0.1) is 15.9 Å². The number of benzene rings is 1. The maximum atomic E-state index is 13.5. The van der Waals surface area contributed by atoms with Crippen LogP contribution in [0.3, 0.4) is 0 Å². The monoisotopic (exact) mass is 353 g/mol. The number of halogens is 2. The molecule has 21 heavy (non-hydrogen) atoms. The van der Waals surface area contributed by atoms with Gasteiger partial charge < -0.3 is 5.32 Å². The fraction of sp³-hybridized carbons (Fsp3) is 0.438. The summed E-state index contributed by atoms with van der Waals surface area (Å²) in [5.41, 5.74) is 4.25. The first-order valence-corrected chi connectivity index (χ1v) is 7.90. The van der Waals surface area contributed by atoms with Crippen LogP contribution in [0.1, 0.15) is 35.5 Å². The fourth-order valence-corrected chi connectivity index (χ4v) is 3.37. The molecule has 5 heteroatoms. The maximum Gasteiger partial charge on any atom is 0.123 e. The number of aromatic nitrogens is 2. The van der Waals surface area contributed by atoms with E-state index in [0.29, 0.717) is 0 Å². The highest BCUT2D eigenvalue weighted by Crippen LogP contribution is 2.28. The van der Waals surface area contributed by atoms with Crippen LogP contribution in [0, 0.1) is 12.7 Å². The third kappa shape index (κ3) is 3.35. The van der Waals surface area contributed by atoms with Gasteiger partial charge in [0.2, 0.25) is 0 Å². The highest BCUT2D eigenvalue weighted by molar-refractivity contribution is 9.10. The summed E-state index contributed by atoms with van der Waals surface area (Å²) in [5, 5.41) is 7.81. The van der Waals surface area contributed by atoms with Crippen molar-refractivity contribution in [2.24, 2.45) is 7.05 Å². The first-order valence-electron chi connectivity index (χ1n) is 7.11. The van der Waals surface area contributed by atoms with Crippen LogP contribution in [0.2, 0.25) is 0 Å². The predicted octanol–water partition coefficient (Wildman–Crippen LogP) is 3.70. The molecule has 1 heterocycles. The minimum absolute atomic E-state index is 0.0529. The minimum Gasteiger partial charge on any atom is -0.313 e. The summed E-state index contributed by atoms with van der Waals surface area (Å²) in [4.78, 5) is 0. The van der Waals surface area contributed by atoms with E-state index in [-0.39, 0.29) is 11.9 Å². The molecule has 1 aromatic carbocycles. The van der Waals surface area contributed by atoms with E-state index in [1.165, 1.54) is 6.07 Å². The van der Waals surface area contributed by atoms with Crippen molar-refractivity contribution in [2.45, 2.75) is 32.7 Å². The van der Waals surface area contributed by atoms with Crippen LogP contribution in [-0.2, 0) is 19.9 Å². The normalized spacial score (nSPS) is 12.7. The van der Waals surface area contributed by atoms with Crippen molar-refractivity contribution >= 4 is 15.9 Å². The Morgan fingerprint density at radius 2 is 2.14 bits per heavy atom. The van der Waals surface area contributed by atoms with E-state index in [1.54, 1.807) is 6.07 Å². The lowest BCUT2D eigenvalue weighted by Gasteiger charge is -2.19. The van der Waals surface area contributed by atoms with Crippen molar-refractivity contribution in [1.29, 1.82) is 0 Å². The van der Waals surface area contributed by atoms with Gasteiger partial charge in [-0.25, -0.2) is 4.39 Å². The molecular weight excluding hydrogens is 333 g/mol. The zero-order chi connectivity index (χ0) is 15.6. The molecule has 0 amide bonds. The van der Waals surface area contributed by atoms with E-state index in [9.17, 15) is 4.39 Å². The van der Waals surface area contributed by atoms with Gasteiger partial charge >= 0.3 is 0 Å². The Balaban J connectivity index is 2.36. The fourth-order valence-electron chi connectivity index (χ4n) is 2.59. The Labute approximate surface area is 133 Å². The lowest BCUT2D eigenvalue weighted by atomic mass is 9.97. The standard InChI is InChI=1S/C16H21BrFN3/c1-5-13-16(17)15(21(4)20-13)9-14(19-3)12-8-11(18)7-6-10(12)2/h6-8,14,19H,5,9H2,1-4H3. The Morgan fingerprint density at radius 3 is 2.71 bits per heavy atom. The first-order chi connectivity index (χ1) is 9.97. The van der Waals surface area contributed by atoms with Gasteiger partial charge in [0.1, 0.15) is 5.82 Å². The molecule has 0 radical (unpaired) electrons. The molecule has 1 unspecified atom stereocenters. The molecule has 0 aliphatic heterocycles. The lowest BCUT2D eigenvalue weighted by molar-refractivity contribution is 0.550. The van der Waals surface area contributed by atoms with Gasteiger partial charge in [0.15, 0.2) is 0 Å². The summed E-state index contributed by atoms with van der Waals surface area (Å²) in [6, 6.07) is 4.99. The van der Waals surface area contributed by atoms with Crippen molar-refractivity contribution in [1.82, 2.24) is 15.1 Å². The molecule has 0 fully saturated rings. The van der Waals surface area contributed by atoms with E-state index in [1.807, 2.05) is 31.8 Å². The summed E-state index contributed by atoms with van der Waals surface area (Å²) < 4.78 is 16.5. The topological polar surface area (TPSA) is 29.9 Å². The average Bonchev–Trinajstić information content (AvgIpc) is 2.74. The number of nitrogens with one attached hydrogen (secondary N) is 1. The smallest absolute Gasteiger partial charge is 0.123 e. The van der Waals surface area contributed by atoms with Crippen LogP contribution >= 0.6 is 15.9 Å². The van der Waals surface area contributed by atoms with E-state index >= 15 is 0 Å². The molecule has 0 spiro atoms. The van der Waals surface area contributed by atoms with Crippen molar-refractivity contribution in [3.05, 3.63) is 51.0 Å². The molecule has 0 aliphatic carbocycles. The second-order valence-corrected chi connectivity index (χ2v) is 6.02. The van der Waals surface area contributed by atoms with Gasteiger partial charge in [-0.1, -0.05) is 13.0 Å². The molecule has 0 saturated heterocycles. The average molecular weight is 354 g/mol. The Hall–Kier alpha value is -1.20. The minimum atomic E-state index is -0.200. The second-order valence-electron chi connectivity index (χ2n) is 5.23. The molecule has 0 saturated carbocycles. The van der Waals surface area contributed by atoms with Gasteiger partial charge in [0.25, 0.3) is 0 Å². The third-order valence-corrected chi connectivity index (χ3v) is 4.78. The Kier molecular flexibility index (Phi) is 5.17. The van der Waals surface area contributed by atoms with Crippen LogP contribution in [0.4, 0.5) is 4.39 Å². The van der Waals surface area contributed by atoms with E-state index in [2.05, 4.69) is 33.3 Å².